The molecule has 1 N–H and O–H groups in total. The molecule has 0 aliphatic heterocycles. The molecule has 4 rings (SSSR count). The average Bonchev–Trinajstić information content (AvgIpc) is 3.31. The molecule has 0 atom stereocenters. The average molecular weight is 434 g/mol. The number of carbonyl (C=O) groups is 1. The Bertz CT molecular complexity index is 1080. The number of fused-ring (bicyclic) bond motifs is 1. The second-order valence-corrected chi connectivity index (χ2v) is 8.97. The third-order valence-electron chi connectivity index (χ3n) is 4.34. The third kappa shape index (κ3) is 3.74. The maximum Gasteiger partial charge on any atom is 0.231 e. The molecule has 1 aliphatic rings. The van der Waals surface area contributed by atoms with Crippen molar-refractivity contribution in [2.75, 3.05) is 5.32 Å². The van der Waals surface area contributed by atoms with Gasteiger partial charge < -0.3 is 5.32 Å². The molecule has 0 radical (unpaired) electrons. The van der Waals surface area contributed by atoms with Crippen LogP contribution in [0.2, 0.25) is 10.0 Å². The molecule has 8 heteroatoms. The summed E-state index contributed by atoms with van der Waals surface area (Å²) in [4.78, 5) is 18.2. The van der Waals surface area contributed by atoms with Crippen LogP contribution in [-0.4, -0.2) is 10.9 Å². The van der Waals surface area contributed by atoms with E-state index in [1.165, 1.54) is 27.6 Å². The van der Waals surface area contributed by atoms with Crippen molar-refractivity contribution in [1.82, 2.24) is 4.98 Å². The summed E-state index contributed by atoms with van der Waals surface area (Å²) in [5.41, 5.74) is 3.18. The summed E-state index contributed by atoms with van der Waals surface area (Å²) in [7, 11) is 0. The van der Waals surface area contributed by atoms with Crippen molar-refractivity contribution in [2.24, 2.45) is 0 Å². The fourth-order valence-corrected chi connectivity index (χ4v) is 5.79. The Hall–Kier alpha value is -1.91. The van der Waals surface area contributed by atoms with Gasteiger partial charge in [-0.2, -0.15) is 5.26 Å². The number of halogens is 2. The van der Waals surface area contributed by atoms with E-state index < -0.39 is 0 Å². The number of aromatic nitrogens is 1. The topological polar surface area (TPSA) is 65.8 Å². The van der Waals surface area contributed by atoms with Crippen molar-refractivity contribution in [3.05, 3.63) is 55.3 Å². The van der Waals surface area contributed by atoms with E-state index in [0.29, 0.717) is 26.3 Å². The number of hydrogen-bond acceptors (Lipinski definition) is 5. The summed E-state index contributed by atoms with van der Waals surface area (Å²) >= 11 is 15.1. The molecular weight excluding hydrogens is 421 g/mol. The predicted molar refractivity (Wildman–Crippen MR) is 111 cm³/mol. The van der Waals surface area contributed by atoms with Gasteiger partial charge in [0.2, 0.25) is 5.91 Å². The Labute approximate surface area is 174 Å². The van der Waals surface area contributed by atoms with E-state index in [-0.39, 0.29) is 12.3 Å². The van der Waals surface area contributed by atoms with E-state index in [4.69, 9.17) is 23.2 Å². The van der Waals surface area contributed by atoms with E-state index in [1.807, 2.05) is 11.4 Å². The van der Waals surface area contributed by atoms with Crippen LogP contribution in [0, 0.1) is 11.3 Å². The van der Waals surface area contributed by atoms with Crippen molar-refractivity contribution in [3.63, 3.8) is 0 Å². The van der Waals surface area contributed by atoms with Crippen LogP contribution < -0.4 is 5.32 Å². The van der Waals surface area contributed by atoms with Crippen LogP contribution in [0.5, 0.6) is 0 Å². The molecule has 1 amide bonds. The largest absolute Gasteiger partial charge is 0.316 e. The zero-order chi connectivity index (χ0) is 19.0. The van der Waals surface area contributed by atoms with E-state index in [0.717, 1.165) is 35.4 Å². The van der Waals surface area contributed by atoms with Crippen molar-refractivity contribution < 1.29 is 4.79 Å². The minimum atomic E-state index is -0.175. The first kappa shape index (κ1) is 18.5. The minimum Gasteiger partial charge on any atom is -0.316 e. The second kappa shape index (κ2) is 7.61. The van der Waals surface area contributed by atoms with E-state index >= 15 is 0 Å². The Morgan fingerprint density at radius 1 is 1.33 bits per heavy atom. The maximum absolute atomic E-state index is 12.4. The SMILES string of the molecule is N#Cc1c(NC(=O)Cc2csc(-c3ccc(Cl)cc3Cl)n2)sc2c1CCC2. The molecule has 1 aromatic carbocycles. The summed E-state index contributed by atoms with van der Waals surface area (Å²) in [6.07, 6.45) is 3.14. The van der Waals surface area contributed by atoms with Crippen LogP contribution in [0.15, 0.2) is 23.6 Å². The van der Waals surface area contributed by atoms with Gasteiger partial charge in [-0.25, -0.2) is 4.98 Å². The van der Waals surface area contributed by atoms with Gasteiger partial charge in [0.1, 0.15) is 16.1 Å². The molecule has 0 fully saturated rings. The summed E-state index contributed by atoms with van der Waals surface area (Å²) in [6.45, 7) is 0. The van der Waals surface area contributed by atoms with Gasteiger partial charge in [-0.1, -0.05) is 23.2 Å². The van der Waals surface area contributed by atoms with E-state index in [2.05, 4.69) is 16.4 Å². The van der Waals surface area contributed by atoms with Gasteiger partial charge in [0.05, 0.1) is 22.7 Å². The summed E-state index contributed by atoms with van der Waals surface area (Å²) in [6, 6.07) is 7.49. The van der Waals surface area contributed by atoms with Crippen molar-refractivity contribution in [1.29, 1.82) is 5.26 Å². The molecule has 2 aromatic heterocycles. The van der Waals surface area contributed by atoms with Crippen LogP contribution in [0.25, 0.3) is 10.6 Å². The fraction of sp³-hybridized carbons (Fsp3) is 0.211. The van der Waals surface area contributed by atoms with Crippen LogP contribution in [0.1, 0.15) is 28.1 Å². The normalized spacial score (nSPS) is 12.6. The third-order valence-corrected chi connectivity index (χ3v) is 7.02. The smallest absolute Gasteiger partial charge is 0.231 e. The number of thiophene rings is 1. The van der Waals surface area contributed by atoms with Crippen LogP contribution in [-0.2, 0) is 24.1 Å². The summed E-state index contributed by atoms with van der Waals surface area (Å²) < 4.78 is 0. The molecule has 3 aromatic rings. The first-order valence-corrected chi connectivity index (χ1v) is 10.7. The highest BCUT2D eigenvalue weighted by atomic mass is 35.5. The van der Waals surface area contributed by atoms with Gasteiger partial charge in [0.25, 0.3) is 0 Å². The van der Waals surface area contributed by atoms with Crippen LogP contribution >= 0.6 is 45.9 Å². The van der Waals surface area contributed by atoms with Gasteiger partial charge in [-0.15, -0.1) is 22.7 Å². The lowest BCUT2D eigenvalue weighted by molar-refractivity contribution is -0.115. The lowest BCUT2D eigenvalue weighted by Gasteiger charge is -2.03. The summed E-state index contributed by atoms with van der Waals surface area (Å²) in [5, 5.41) is 16.6. The van der Waals surface area contributed by atoms with Crippen LogP contribution in [0.4, 0.5) is 5.00 Å². The molecule has 1 aliphatic carbocycles. The molecular formula is C19H13Cl2N3OS2. The van der Waals surface area contributed by atoms with E-state index in [1.54, 1.807) is 12.1 Å². The van der Waals surface area contributed by atoms with Crippen LogP contribution in [0.3, 0.4) is 0 Å². The molecule has 136 valence electrons. The maximum atomic E-state index is 12.4. The van der Waals surface area contributed by atoms with Gasteiger partial charge in [-0.05, 0) is 43.0 Å². The molecule has 27 heavy (non-hydrogen) atoms. The number of anilines is 1. The molecule has 0 spiro atoms. The molecule has 0 saturated carbocycles. The first-order valence-electron chi connectivity index (χ1n) is 8.29. The first-order chi connectivity index (χ1) is 13.0. The molecule has 0 unspecified atom stereocenters. The number of thiazole rings is 1. The standard InChI is InChI=1S/C19H13Cl2N3OS2/c20-10-4-5-13(15(21)6-10)18-23-11(9-26-18)7-17(25)24-19-14(8-22)12-2-1-3-16(12)27-19/h4-6,9H,1-3,7H2,(H,24,25). The lowest BCUT2D eigenvalue weighted by atomic mass is 10.1. The molecule has 0 saturated heterocycles. The molecule has 2 heterocycles. The molecule has 4 nitrogen and oxygen atoms in total. The van der Waals surface area contributed by atoms with Crippen molar-refractivity contribution >= 4 is 56.8 Å². The molecule has 0 bridgehead atoms. The highest BCUT2D eigenvalue weighted by Crippen LogP contribution is 2.38. The van der Waals surface area contributed by atoms with Gasteiger partial charge >= 0.3 is 0 Å². The van der Waals surface area contributed by atoms with Gasteiger partial charge in [0.15, 0.2) is 0 Å². The zero-order valence-corrected chi connectivity index (χ0v) is 17.2. The highest BCUT2D eigenvalue weighted by Gasteiger charge is 2.23. The number of nitrogens with one attached hydrogen (secondary N) is 1. The van der Waals surface area contributed by atoms with Gasteiger partial charge in [-0.3, -0.25) is 4.79 Å². The number of nitriles is 1. The number of rotatable bonds is 4. The fourth-order valence-electron chi connectivity index (χ4n) is 3.12. The number of amides is 1. The number of carbonyl (C=O) groups excluding carboxylic acids is 1. The number of benzene rings is 1. The Morgan fingerprint density at radius 2 is 2.19 bits per heavy atom. The summed E-state index contributed by atoms with van der Waals surface area (Å²) in [5.74, 6) is -0.175. The Kier molecular flexibility index (Phi) is 5.20. The number of nitrogens with zero attached hydrogens (tertiary/aromatic N) is 2. The predicted octanol–water partition coefficient (Wildman–Crippen LogP) is 5.72. The van der Waals surface area contributed by atoms with Gasteiger partial charge in [0, 0.05) is 20.8 Å². The number of aryl methyl sites for hydroxylation is 1. The zero-order valence-electron chi connectivity index (χ0n) is 14.0. The quantitative estimate of drug-likeness (QED) is 0.571. The Morgan fingerprint density at radius 3 is 2.96 bits per heavy atom. The van der Waals surface area contributed by atoms with E-state index in [9.17, 15) is 10.1 Å². The lowest BCUT2D eigenvalue weighted by Crippen LogP contribution is -2.14. The van der Waals surface area contributed by atoms with Crippen molar-refractivity contribution in [2.45, 2.75) is 25.7 Å². The van der Waals surface area contributed by atoms with Crippen molar-refractivity contribution in [3.8, 4) is 16.6 Å². The number of hydrogen-bond donors (Lipinski definition) is 1. The highest BCUT2D eigenvalue weighted by molar-refractivity contribution is 7.16. The second-order valence-electron chi connectivity index (χ2n) is 6.17. The monoisotopic (exact) mass is 433 g/mol. The minimum absolute atomic E-state index is 0.148. The Balaban J connectivity index is 1.48.